The fraction of sp³-hybridized carbons (Fsp3) is 0.263. The van der Waals surface area contributed by atoms with E-state index >= 15 is 0 Å². The molecule has 5 heteroatoms. The van der Waals surface area contributed by atoms with E-state index in [0.717, 1.165) is 17.2 Å². The van der Waals surface area contributed by atoms with Crippen molar-refractivity contribution < 1.29 is 0 Å². The number of nitrogens with zero attached hydrogens (tertiary/aromatic N) is 4. The third-order valence-electron chi connectivity index (χ3n) is 3.78. The molecule has 24 heavy (non-hydrogen) atoms. The van der Waals surface area contributed by atoms with Crippen LogP contribution in [0, 0.1) is 12.8 Å². The SMILES string of the molecule is Cc1cc(N[C@@H](c2ccncc2)C(C)C)nc(-c2ccccn2)n1. The zero-order chi connectivity index (χ0) is 16.9. The highest BCUT2D eigenvalue weighted by Crippen LogP contribution is 2.26. The molecular formula is C19H21N5. The molecule has 0 aliphatic rings. The minimum absolute atomic E-state index is 0.152. The molecule has 0 spiro atoms. The molecule has 0 aromatic carbocycles. The first-order valence-electron chi connectivity index (χ1n) is 8.07. The van der Waals surface area contributed by atoms with E-state index in [0.29, 0.717) is 11.7 Å². The Kier molecular flexibility index (Phi) is 4.79. The molecule has 0 radical (unpaired) electrons. The Morgan fingerprint density at radius 3 is 2.42 bits per heavy atom. The number of nitrogens with one attached hydrogen (secondary N) is 1. The van der Waals surface area contributed by atoms with E-state index in [9.17, 15) is 0 Å². The van der Waals surface area contributed by atoms with Crippen LogP contribution in [0.1, 0.15) is 31.1 Å². The van der Waals surface area contributed by atoms with Gasteiger partial charge in [0, 0.05) is 30.4 Å². The molecule has 0 bridgehead atoms. The molecule has 1 atom stereocenters. The van der Waals surface area contributed by atoms with Gasteiger partial charge < -0.3 is 5.32 Å². The van der Waals surface area contributed by atoms with Gasteiger partial charge in [-0.25, -0.2) is 9.97 Å². The summed E-state index contributed by atoms with van der Waals surface area (Å²) in [7, 11) is 0. The highest BCUT2D eigenvalue weighted by Gasteiger charge is 2.17. The zero-order valence-corrected chi connectivity index (χ0v) is 14.1. The van der Waals surface area contributed by atoms with Crippen LogP contribution in [0.4, 0.5) is 5.82 Å². The summed E-state index contributed by atoms with van der Waals surface area (Å²) >= 11 is 0. The molecule has 0 aliphatic carbocycles. The topological polar surface area (TPSA) is 63.6 Å². The second-order valence-electron chi connectivity index (χ2n) is 6.08. The summed E-state index contributed by atoms with van der Waals surface area (Å²) in [6.45, 7) is 6.34. The number of rotatable bonds is 5. The summed E-state index contributed by atoms with van der Waals surface area (Å²) in [5.41, 5.74) is 2.87. The van der Waals surface area contributed by atoms with Gasteiger partial charge >= 0.3 is 0 Å². The first kappa shape index (κ1) is 16.1. The van der Waals surface area contributed by atoms with Gasteiger partial charge in [-0.1, -0.05) is 19.9 Å². The van der Waals surface area contributed by atoms with Gasteiger partial charge in [-0.3, -0.25) is 9.97 Å². The third kappa shape index (κ3) is 3.74. The quantitative estimate of drug-likeness (QED) is 0.768. The van der Waals surface area contributed by atoms with Crippen molar-refractivity contribution in [2.75, 3.05) is 5.32 Å². The van der Waals surface area contributed by atoms with Crippen LogP contribution in [0.25, 0.3) is 11.5 Å². The number of hydrogen-bond acceptors (Lipinski definition) is 5. The molecule has 3 aromatic rings. The summed E-state index contributed by atoms with van der Waals surface area (Å²) in [4.78, 5) is 17.6. The van der Waals surface area contributed by atoms with E-state index in [1.165, 1.54) is 5.56 Å². The predicted octanol–water partition coefficient (Wildman–Crippen LogP) is 4.05. The second kappa shape index (κ2) is 7.17. The van der Waals surface area contributed by atoms with E-state index in [-0.39, 0.29) is 6.04 Å². The number of anilines is 1. The highest BCUT2D eigenvalue weighted by atomic mass is 15.1. The fourth-order valence-electron chi connectivity index (χ4n) is 2.62. The molecule has 0 fully saturated rings. The molecule has 3 aromatic heterocycles. The van der Waals surface area contributed by atoms with Gasteiger partial charge in [0.2, 0.25) is 0 Å². The summed E-state index contributed by atoms with van der Waals surface area (Å²) in [6.07, 6.45) is 5.38. The maximum Gasteiger partial charge on any atom is 0.180 e. The summed E-state index contributed by atoms with van der Waals surface area (Å²) < 4.78 is 0. The van der Waals surface area contributed by atoms with Crippen LogP contribution in [0.3, 0.4) is 0 Å². The molecule has 3 rings (SSSR count). The minimum atomic E-state index is 0.152. The average molecular weight is 319 g/mol. The van der Waals surface area contributed by atoms with Gasteiger partial charge in [-0.15, -0.1) is 0 Å². The van der Waals surface area contributed by atoms with Crippen molar-refractivity contribution in [3.63, 3.8) is 0 Å². The summed E-state index contributed by atoms with van der Waals surface area (Å²) in [6, 6.07) is 11.9. The van der Waals surface area contributed by atoms with Crippen molar-refractivity contribution in [3.05, 3.63) is 66.2 Å². The van der Waals surface area contributed by atoms with E-state index < -0.39 is 0 Å². The van der Waals surface area contributed by atoms with Gasteiger partial charge in [-0.2, -0.15) is 0 Å². The lowest BCUT2D eigenvalue weighted by Gasteiger charge is -2.23. The van der Waals surface area contributed by atoms with Gasteiger partial charge in [-0.05, 0) is 42.7 Å². The Bertz CT molecular complexity index is 787. The van der Waals surface area contributed by atoms with E-state index in [4.69, 9.17) is 0 Å². The Morgan fingerprint density at radius 2 is 1.75 bits per heavy atom. The van der Waals surface area contributed by atoms with Crippen LogP contribution in [-0.4, -0.2) is 19.9 Å². The molecule has 1 N–H and O–H groups in total. The number of hydrogen-bond donors (Lipinski definition) is 1. The number of aryl methyl sites for hydroxylation is 1. The van der Waals surface area contributed by atoms with Crippen molar-refractivity contribution in [3.8, 4) is 11.5 Å². The fourth-order valence-corrected chi connectivity index (χ4v) is 2.62. The Morgan fingerprint density at radius 1 is 0.958 bits per heavy atom. The molecule has 0 amide bonds. The van der Waals surface area contributed by atoms with E-state index in [2.05, 4.69) is 39.1 Å². The largest absolute Gasteiger partial charge is 0.363 e. The molecule has 0 aliphatic heterocycles. The van der Waals surface area contributed by atoms with E-state index in [1.54, 1.807) is 6.20 Å². The lowest BCUT2D eigenvalue weighted by Crippen LogP contribution is -2.18. The molecule has 0 unspecified atom stereocenters. The van der Waals surface area contributed by atoms with Crippen LogP contribution in [0.15, 0.2) is 55.0 Å². The van der Waals surface area contributed by atoms with Crippen molar-refractivity contribution >= 4 is 5.82 Å². The van der Waals surface area contributed by atoms with Crippen molar-refractivity contribution in [1.29, 1.82) is 0 Å². The molecular weight excluding hydrogens is 298 g/mol. The minimum Gasteiger partial charge on any atom is -0.363 e. The average Bonchev–Trinajstić information content (AvgIpc) is 2.60. The Labute approximate surface area is 142 Å². The third-order valence-corrected chi connectivity index (χ3v) is 3.78. The molecule has 0 saturated heterocycles. The highest BCUT2D eigenvalue weighted by molar-refractivity contribution is 5.53. The zero-order valence-electron chi connectivity index (χ0n) is 14.1. The van der Waals surface area contributed by atoms with Crippen molar-refractivity contribution in [2.45, 2.75) is 26.8 Å². The number of aromatic nitrogens is 4. The van der Waals surface area contributed by atoms with Gasteiger partial charge in [0.25, 0.3) is 0 Å². The Balaban J connectivity index is 1.93. The predicted molar refractivity (Wildman–Crippen MR) is 95.4 cm³/mol. The lowest BCUT2D eigenvalue weighted by molar-refractivity contribution is 0.544. The summed E-state index contributed by atoms with van der Waals surface area (Å²) in [5.74, 6) is 1.84. The first-order chi connectivity index (χ1) is 11.6. The maximum absolute atomic E-state index is 4.65. The first-order valence-corrected chi connectivity index (χ1v) is 8.07. The van der Waals surface area contributed by atoms with Gasteiger partial charge in [0.05, 0.1) is 6.04 Å². The van der Waals surface area contributed by atoms with Crippen molar-refractivity contribution in [2.24, 2.45) is 5.92 Å². The van der Waals surface area contributed by atoms with Crippen LogP contribution >= 0.6 is 0 Å². The number of pyridine rings is 2. The molecule has 5 nitrogen and oxygen atoms in total. The molecule has 0 saturated carbocycles. The van der Waals surface area contributed by atoms with Gasteiger partial charge in [0.1, 0.15) is 11.5 Å². The molecule has 122 valence electrons. The molecule has 3 heterocycles. The standard InChI is InChI=1S/C19H21N5/c1-13(2)18(15-7-10-20-11-8-15)23-17-12-14(3)22-19(24-17)16-6-4-5-9-21-16/h4-13,18H,1-3H3,(H,22,23,24)/t18-/m1/s1. The maximum atomic E-state index is 4.65. The van der Waals surface area contributed by atoms with Crippen LogP contribution in [0.5, 0.6) is 0 Å². The smallest absolute Gasteiger partial charge is 0.180 e. The normalized spacial score (nSPS) is 12.2. The van der Waals surface area contributed by atoms with Crippen molar-refractivity contribution in [1.82, 2.24) is 19.9 Å². The Hall–Kier alpha value is -2.82. The second-order valence-corrected chi connectivity index (χ2v) is 6.08. The van der Waals surface area contributed by atoms with Gasteiger partial charge in [0.15, 0.2) is 5.82 Å². The van der Waals surface area contributed by atoms with Crippen LogP contribution < -0.4 is 5.32 Å². The monoisotopic (exact) mass is 319 g/mol. The van der Waals surface area contributed by atoms with E-state index in [1.807, 2.05) is 55.7 Å². The van der Waals surface area contributed by atoms with Crippen LogP contribution in [0.2, 0.25) is 0 Å². The summed E-state index contributed by atoms with van der Waals surface area (Å²) in [5, 5.41) is 3.54. The lowest BCUT2D eigenvalue weighted by atomic mass is 9.97. The van der Waals surface area contributed by atoms with Crippen LogP contribution in [-0.2, 0) is 0 Å².